The number of benzene rings is 3. The number of nitrogens with zero attached hydrogens (tertiary/aromatic N) is 1. The summed E-state index contributed by atoms with van der Waals surface area (Å²) in [5, 5.41) is 9.67. The first-order valence-electron chi connectivity index (χ1n) is 11.1. The van der Waals surface area contributed by atoms with E-state index in [-0.39, 0.29) is 31.6 Å². The van der Waals surface area contributed by atoms with Crippen LogP contribution in [0.3, 0.4) is 0 Å². The van der Waals surface area contributed by atoms with Crippen molar-refractivity contribution in [3.8, 4) is 11.1 Å². The summed E-state index contributed by atoms with van der Waals surface area (Å²) in [6, 6.07) is 24.9. The number of hydrogen-bond donors (Lipinski definition) is 1. The average Bonchev–Trinajstić information content (AvgIpc) is 3.42. The monoisotopic (exact) mass is 443 g/mol. The number of amides is 1. The Bertz CT molecular complexity index is 1120. The zero-order valence-electron chi connectivity index (χ0n) is 18.1. The van der Waals surface area contributed by atoms with Crippen molar-refractivity contribution in [1.82, 2.24) is 4.90 Å². The molecule has 168 valence electrons. The number of hydrogen-bond acceptors (Lipinski definition) is 4. The van der Waals surface area contributed by atoms with Crippen LogP contribution in [0, 0.1) is 0 Å². The van der Waals surface area contributed by atoms with Crippen molar-refractivity contribution in [2.45, 2.75) is 31.1 Å². The maximum atomic E-state index is 12.9. The average molecular weight is 443 g/mol. The van der Waals surface area contributed by atoms with Gasteiger partial charge in [0.25, 0.3) is 0 Å². The van der Waals surface area contributed by atoms with Gasteiger partial charge in [-0.05, 0) is 27.8 Å². The van der Waals surface area contributed by atoms with Crippen LogP contribution in [0.15, 0.2) is 78.9 Å². The van der Waals surface area contributed by atoms with Crippen molar-refractivity contribution in [2.75, 3.05) is 13.2 Å². The Morgan fingerprint density at radius 3 is 2.12 bits per heavy atom. The minimum Gasteiger partial charge on any atom is -0.480 e. The molecule has 1 aliphatic heterocycles. The topological polar surface area (TPSA) is 76.1 Å². The number of carboxylic acids is 1. The summed E-state index contributed by atoms with van der Waals surface area (Å²) in [4.78, 5) is 26.0. The molecular weight excluding hydrogens is 418 g/mol. The first-order valence-corrected chi connectivity index (χ1v) is 11.1. The highest BCUT2D eigenvalue weighted by molar-refractivity contribution is 5.81. The fourth-order valence-corrected chi connectivity index (χ4v) is 4.82. The van der Waals surface area contributed by atoms with E-state index < -0.39 is 18.1 Å². The summed E-state index contributed by atoms with van der Waals surface area (Å²) in [7, 11) is 0. The molecule has 1 aliphatic carbocycles. The molecule has 6 nitrogen and oxygen atoms in total. The van der Waals surface area contributed by atoms with E-state index in [2.05, 4.69) is 24.3 Å². The van der Waals surface area contributed by atoms with Gasteiger partial charge in [-0.1, -0.05) is 78.9 Å². The highest BCUT2D eigenvalue weighted by Crippen LogP contribution is 2.44. The van der Waals surface area contributed by atoms with Crippen LogP contribution in [0.5, 0.6) is 0 Å². The Hall–Kier alpha value is -3.64. The van der Waals surface area contributed by atoms with Gasteiger partial charge in [0.1, 0.15) is 12.6 Å². The van der Waals surface area contributed by atoms with Gasteiger partial charge in [-0.25, -0.2) is 9.59 Å². The molecule has 0 aromatic heterocycles. The number of carbonyl (C=O) groups excluding carboxylic acids is 1. The maximum Gasteiger partial charge on any atom is 0.410 e. The van der Waals surface area contributed by atoms with Gasteiger partial charge < -0.3 is 14.6 Å². The number of rotatable bonds is 6. The number of aliphatic carboxylic acids is 1. The molecule has 33 heavy (non-hydrogen) atoms. The molecule has 6 heteroatoms. The lowest BCUT2D eigenvalue weighted by Crippen LogP contribution is -2.41. The van der Waals surface area contributed by atoms with Crippen molar-refractivity contribution in [1.29, 1.82) is 0 Å². The van der Waals surface area contributed by atoms with E-state index in [1.54, 1.807) is 0 Å². The van der Waals surface area contributed by atoms with Gasteiger partial charge in [-0.2, -0.15) is 0 Å². The van der Waals surface area contributed by atoms with E-state index in [1.807, 2.05) is 54.6 Å². The lowest BCUT2D eigenvalue weighted by molar-refractivity contribution is -0.141. The zero-order chi connectivity index (χ0) is 22.8. The Morgan fingerprint density at radius 2 is 1.48 bits per heavy atom. The van der Waals surface area contributed by atoms with E-state index in [0.717, 1.165) is 27.8 Å². The second-order valence-corrected chi connectivity index (χ2v) is 8.46. The molecule has 2 aliphatic rings. The van der Waals surface area contributed by atoms with Crippen molar-refractivity contribution in [3.05, 3.63) is 95.6 Å². The molecular formula is C27H25NO5. The summed E-state index contributed by atoms with van der Waals surface area (Å²) in [6.45, 7) is 0.724. The molecule has 1 saturated heterocycles. The predicted octanol–water partition coefficient (Wildman–Crippen LogP) is 4.68. The van der Waals surface area contributed by atoms with Crippen LogP contribution in [0.4, 0.5) is 4.79 Å². The number of ether oxygens (including phenoxy) is 2. The Morgan fingerprint density at radius 1 is 0.879 bits per heavy atom. The molecule has 5 rings (SSSR count). The molecule has 1 amide bonds. The molecule has 0 saturated carbocycles. The normalized spacial score (nSPS) is 19.2. The maximum absolute atomic E-state index is 12.9. The van der Waals surface area contributed by atoms with Crippen LogP contribution in [-0.4, -0.2) is 47.4 Å². The van der Waals surface area contributed by atoms with Gasteiger partial charge in [0.15, 0.2) is 0 Å². The number of likely N-dealkylation sites (tertiary alicyclic amines) is 1. The van der Waals surface area contributed by atoms with Gasteiger partial charge in [0, 0.05) is 12.3 Å². The summed E-state index contributed by atoms with van der Waals surface area (Å²) in [6.07, 6.45) is -0.728. The first-order chi connectivity index (χ1) is 16.1. The van der Waals surface area contributed by atoms with E-state index in [4.69, 9.17) is 9.47 Å². The Balaban J connectivity index is 1.26. The first kappa shape index (κ1) is 21.2. The molecule has 2 atom stereocenters. The quantitative estimate of drug-likeness (QED) is 0.599. The van der Waals surface area contributed by atoms with Crippen LogP contribution in [0.25, 0.3) is 11.1 Å². The molecule has 1 fully saturated rings. The third-order valence-electron chi connectivity index (χ3n) is 6.45. The van der Waals surface area contributed by atoms with Crippen LogP contribution in [-0.2, 0) is 20.9 Å². The van der Waals surface area contributed by atoms with Gasteiger partial charge in [0.2, 0.25) is 0 Å². The highest BCUT2D eigenvalue weighted by atomic mass is 16.6. The molecule has 0 bridgehead atoms. The van der Waals surface area contributed by atoms with Crippen LogP contribution < -0.4 is 0 Å². The van der Waals surface area contributed by atoms with Gasteiger partial charge in [0.05, 0.1) is 19.3 Å². The lowest BCUT2D eigenvalue weighted by Gasteiger charge is -2.22. The van der Waals surface area contributed by atoms with E-state index in [1.165, 1.54) is 4.90 Å². The molecule has 1 heterocycles. The van der Waals surface area contributed by atoms with E-state index >= 15 is 0 Å². The van der Waals surface area contributed by atoms with Crippen LogP contribution in [0.1, 0.15) is 29.0 Å². The van der Waals surface area contributed by atoms with Crippen LogP contribution in [0.2, 0.25) is 0 Å². The zero-order valence-corrected chi connectivity index (χ0v) is 18.1. The largest absolute Gasteiger partial charge is 0.480 e. The minimum atomic E-state index is -1.05. The van der Waals surface area contributed by atoms with Gasteiger partial charge in [-0.3, -0.25) is 4.90 Å². The van der Waals surface area contributed by atoms with Gasteiger partial charge in [-0.15, -0.1) is 0 Å². The summed E-state index contributed by atoms with van der Waals surface area (Å²) < 4.78 is 11.6. The van der Waals surface area contributed by atoms with Crippen molar-refractivity contribution in [3.63, 3.8) is 0 Å². The van der Waals surface area contributed by atoms with Crippen LogP contribution >= 0.6 is 0 Å². The highest BCUT2D eigenvalue weighted by Gasteiger charge is 2.41. The fraction of sp³-hybridized carbons (Fsp3) is 0.259. The smallest absolute Gasteiger partial charge is 0.410 e. The number of carbonyl (C=O) groups is 2. The number of carboxylic acid groups (broad SMARTS) is 1. The minimum absolute atomic E-state index is 0.0719. The second-order valence-electron chi connectivity index (χ2n) is 8.46. The molecule has 0 radical (unpaired) electrons. The van der Waals surface area contributed by atoms with Crippen molar-refractivity contribution >= 4 is 12.1 Å². The standard InChI is InChI=1S/C27H25NO5/c29-26(30)25-14-19(32-16-18-8-2-1-3-9-18)15-28(25)27(31)33-17-24-22-12-6-4-10-20(22)21-11-5-7-13-23(21)24/h1-13,19,24-25H,14-17H2,(H,29,30)/t19-,25-/m0/s1. The number of fused-ring (bicyclic) bond motifs is 3. The summed E-state index contributed by atoms with van der Waals surface area (Å²) in [5.74, 6) is -1.12. The Labute approximate surface area is 192 Å². The third kappa shape index (κ3) is 4.22. The Kier molecular flexibility index (Phi) is 5.84. The SMILES string of the molecule is O=C(O)[C@@H]1C[C@H](OCc2ccccc2)CN1C(=O)OCC1c2ccccc2-c2ccccc21. The van der Waals surface area contributed by atoms with E-state index in [0.29, 0.717) is 6.61 Å². The van der Waals surface area contributed by atoms with Crippen molar-refractivity contribution < 1.29 is 24.2 Å². The molecule has 3 aromatic rings. The van der Waals surface area contributed by atoms with E-state index in [9.17, 15) is 14.7 Å². The second kappa shape index (κ2) is 9.08. The van der Waals surface area contributed by atoms with Gasteiger partial charge >= 0.3 is 12.1 Å². The molecule has 0 spiro atoms. The lowest BCUT2D eigenvalue weighted by atomic mass is 9.98. The molecule has 1 N–H and O–H groups in total. The predicted molar refractivity (Wildman–Crippen MR) is 123 cm³/mol. The molecule has 0 unspecified atom stereocenters. The third-order valence-corrected chi connectivity index (χ3v) is 6.45. The fourth-order valence-electron chi connectivity index (χ4n) is 4.82. The van der Waals surface area contributed by atoms with Crippen molar-refractivity contribution in [2.24, 2.45) is 0 Å². The summed E-state index contributed by atoms with van der Waals surface area (Å²) >= 11 is 0. The molecule has 3 aromatic carbocycles. The summed E-state index contributed by atoms with van der Waals surface area (Å²) in [5.41, 5.74) is 5.53.